The summed E-state index contributed by atoms with van der Waals surface area (Å²) in [5, 5.41) is 17.6. The number of aromatic hydroxyl groups is 1. The van der Waals surface area contributed by atoms with Crippen LogP contribution in [0.4, 0.5) is 0 Å². The minimum atomic E-state index is -1.11. The van der Waals surface area contributed by atoms with Gasteiger partial charge < -0.3 is 11.6 Å². The minimum Gasteiger partial charge on any atom is -1.00 e. The van der Waals surface area contributed by atoms with Crippen LogP contribution < -0.4 is 29.6 Å². The second-order valence-electron chi connectivity index (χ2n) is 2.33. The maximum Gasteiger partial charge on any atom is 1.00 e. The van der Waals surface area contributed by atoms with Crippen molar-refractivity contribution in [3.63, 3.8) is 0 Å². The maximum absolute atomic E-state index is 10.4. The summed E-state index contributed by atoms with van der Waals surface area (Å²) in [6.07, 6.45) is 0. The Hall–Kier alpha value is -0.510. The monoisotopic (exact) mass is 176 g/mol. The van der Waals surface area contributed by atoms with Gasteiger partial charge in [-0.2, -0.15) is 0 Å². The third kappa shape index (κ3) is 2.52. The summed E-state index contributed by atoms with van der Waals surface area (Å²) in [4.78, 5) is 10.4. The van der Waals surface area contributed by atoms with Crippen LogP contribution in [0.1, 0.15) is 17.3 Å². The zero-order valence-corrected chi connectivity index (χ0v) is 9.03. The number of rotatable bonds is 1. The fourth-order valence-electron chi connectivity index (χ4n) is 0.821. The minimum absolute atomic E-state index is 0. The zero-order valence-electron chi connectivity index (χ0n) is 8.03. The van der Waals surface area contributed by atoms with E-state index in [4.69, 9.17) is 10.2 Å². The zero-order chi connectivity index (χ0) is 8.43. The normalized spacial score (nSPS) is 8.75. The van der Waals surface area contributed by atoms with E-state index in [0.29, 0.717) is 0 Å². The van der Waals surface area contributed by atoms with Gasteiger partial charge in [0.2, 0.25) is 0 Å². The molecular formula is C8H9NaO3. The van der Waals surface area contributed by atoms with Crippen molar-refractivity contribution in [2.24, 2.45) is 0 Å². The molecule has 0 aliphatic rings. The predicted molar refractivity (Wildman–Crippen MR) is 40.9 cm³/mol. The molecule has 0 atom stereocenters. The first-order valence-electron chi connectivity index (χ1n) is 3.14. The Morgan fingerprint density at radius 3 is 2.50 bits per heavy atom. The van der Waals surface area contributed by atoms with Gasteiger partial charge in [0, 0.05) is 0 Å². The number of hydrogen-bond acceptors (Lipinski definition) is 2. The number of phenols is 1. The van der Waals surface area contributed by atoms with Crippen LogP contribution in [0.25, 0.3) is 0 Å². The molecule has 0 spiro atoms. The van der Waals surface area contributed by atoms with Crippen molar-refractivity contribution >= 4 is 5.97 Å². The summed E-state index contributed by atoms with van der Waals surface area (Å²) in [7, 11) is 0. The summed E-state index contributed by atoms with van der Waals surface area (Å²) in [6, 6.07) is 4.46. The Bertz CT molecular complexity index is 301. The van der Waals surface area contributed by atoms with E-state index in [2.05, 4.69) is 0 Å². The average Bonchev–Trinajstić information content (AvgIpc) is 1.94. The van der Waals surface area contributed by atoms with Crippen molar-refractivity contribution < 1.29 is 46.0 Å². The van der Waals surface area contributed by atoms with E-state index in [1.54, 1.807) is 13.0 Å². The Morgan fingerprint density at radius 1 is 1.50 bits per heavy atom. The molecule has 0 fully saturated rings. The van der Waals surface area contributed by atoms with Crippen molar-refractivity contribution in [3.8, 4) is 5.75 Å². The van der Waals surface area contributed by atoms with Crippen LogP contribution in [0.3, 0.4) is 0 Å². The molecule has 4 heteroatoms. The number of aromatic carboxylic acids is 1. The molecule has 0 radical (unpaired) electrons. The molecule has 3 nitrogen and oxygen atoms in total. The Labute approximate surface area is 93.8 Å². The van der Waals surface area contributed by atoms with Crippen molar-refractivity contribution in [1.29, 1.82) is 0 Å². The Kier molecular flexibility index (Phi) is 4.31. The molecule has 1 aromatic carbocycles. The molecule has 0 saturated carbocycles. The summed E-state index contributed by atoms with van der Waals surface area (Å²) in [5.74, 6) is -1.30. The van der Waals surface area contributed by atoms with Crippen molar-refractivity contribution in [3.05, 3.63) is 29.3 Å². The molecule has 0 heterocycles. The van der Waals surface area contributed by atoms with Gasteiger partial charge in [-0.1, -0.05) is 11.6 Å². The standard InChI is InChI=1S/C8H8O3.Na.H/c1-5-2-3-7(9)6(4-5)8(10)11;;/h2-4,9H,1H3,(H,10,11);;/q;+1;-1. The fraction of sp³-hybridized carbons (Fsp3) is 0.125. The van der Waals surface area contributed by atoms with Crippen LogP contribution in [0, 0.1) is 6.92 Å². The molecule has 0 aliphatic heterocycles. The van der Waals surface area contributed by atoms with E-state index >= 15 is 0 Å². The first-order chi connectivity index (χ1) is 5.11. The molecule has 0 bridgehead atoms. The van der Waals surface area contributed by atoms with E-state index in [-0.39, 0.29) is 42.3 Å². The van der Waals surface area contributed by atoms with Crippen molar-refractivity contribution in [1.82, 2.24) is 0 Å². The quantitative estimate of drug-likeness (QED) is 0.513. The maximum atomic E-state index is 10.4. The number of benzene rings is 1. The second-order valence-corrected chi connectivity index (χ2v) is 2.33. The van der Waals surface area contributed by atoms with Crippen LogP contribution in [-0.4, -0.2) is 16.2 Å². The Morgan fingerprint density at radius 2 is 2.08 bits per heavy atom. The van der Waals surface area contributed by atoms with E-state index in [1.807, 2.05) is 0 Å². The molecular weight excluding hydrogens is 167 g/mol. The number of hydrogen-bond donors (Lipinski definition) is 2. The van der Waals surface area contributed by atoms with Gasteiger partial charge in [-0.15, -0.1) is 0 Å². The number of carboxylic acid groups (broad SMARTS) is 1. The largest absolute Gasteiger partial charge is 1.00 e. The average molecular weight is 176 g/mol. The first-order valence-corrected chi connectivity index (χ1v) is 3.14. The van der Waals surface area contributed by atoms with Gasteiger partial charge in [0.05, 0.1) is 0 Å². The van der Waals surface area contributed by atoms with Gasteiger partial charge in [-0.3, -0.25) is 0 Å². The summed E-state index contributed by atoms with van der Waals surface area (Å²) < 4.78 is 0. The van der Waals surface area contributed by atoms with Crippen LogP contribution in [-0.2, 0) is 0 Å². The van der Waals surface area contributed by atoms with Gasteiger partial charge in [-0.25, -0.2) is 4.79 Å². The van der Waals surface area contributed by atoms with Crippen molar-refractivity contribution in [2.75, 3.05) is 0 Å². The summed E-state index contributed by atoms with van der Waals surface area (Å²) in [6.45, 7) is 1.77. The van der Waals surface area contributed by atoms with Crippen molar-refractivity contribution in [2.45, 2.75) is 6.92 Å². The van der Waals surface area contributed by atoms with E-state index in [1.165, 1.54) is 12.1 Å². The van der Waals surface area contributed by atoms with Gasteiger partial charge in [0.25, 0.3) is 0 Å². The van der Waals surface area contributed by atoms with E-state index < -0.39 is 5.97 Å². The Balaban J connectivity index is 0. The second kappa shape index (κ2) is 4.50. The van der Waals surface area contributed by atoms with Gasteiger partial charge in [-0.05, 0) is 19.1 Å². The van der Waals surface area contributed by atoms with Crippen LogP contribution in [0.5, 0.6) is 5.75 Å². The molecule has 1 aromatic rings. The summed E-state index contributed by atoms with van der Waals surface area (Å²) >= 11 is 0. The number of aryl methyl sites for hydroxylation is 1. The molecule has 0 aliphatic carbocycles. The number of carboxylic acids is 1. The third-order valence-corrected chi connectivity index (χ3v) is 1.38. The smallest absolute Gasteiger partial charge is 1.00 e. The molecule has 0 aromatic heterocycles. The molecule has 12 heavy (non-hydrogen) atoms. The third-order valence-electron chi connectivity index (χ3n) is 1.38. The first kappa shape index (κ1) is 11.5. The molecule has 0 amide bonds. The van der Waals surface area contributed by atoms with Gasteiger partial charge in [0.1, 0.15) is 11.3 Å². The van der Waals surface area contributed by atoms with Crippen LogP contribution >= 0.6 is 0 Å². The van der Waals surface area contributed by atoms with E-state index in [0.717, 1.165) is 5.56 Å². The van der Waals surface area contributed by atoms with E-state index in [9.17, 15) is 4.79 Å². The predicted octanol–water partition coefficient (Wildman–Crippen LogP) is -1.48. The molecule has 1 rings (SSSR count). The summed E-state index contributed by atoms with van der Waals surface area (Å²) in [5.41, 5.74) is 0.769. The van der Waals surface area contributed by atoms with Crippen LogP contribution in [0.2, 0.25) is 0 Å². The van der Waals surface area contributed by atoms with Gasteiger partial charge in [0.15, 0.2) is 0 Å². The van der Waals surface area contributed by atoms with Gasteiger partial charge >= 0.3 is 35.5 Å². The topological polar surface area (TPSA) is 57.5 Å². The molecule has 60 valence electrons. The SMILES string of the molecule is Cc1ccc(O)c(C(=O)O)c1.[H-].[Na+]. The number of carbonyl (C=O) groups is 1. The molecule has 0 unspecified atom stereocenters. The van der Waals surface area contributed by atoms with Crippen LogP contribution in [0.15, 0.2) is 18.2 Å². The fourth-order valence-corrected chi connectivity index (χ4v) is 0.821. The molecule has 2 N–H and O–H groups in total. The molecule has 0 saturated heterocycles.